The molecule has 1 unspecified atom stereocenters. The van der Waals surface area contributed by atoms with Crippen molar-refractivity contribution in [1.82, 2.24) is 10.6 Å². The molecule has 3 nitrogen and oxygen atoms in total. The zero-order valence-corrected chi connectivity index (χ0v) is 9.68. The van der Waals surface area contributed by atoms with E-state index in [4.69, 9.17) is 4.74 Å². The lowest BCUT2D eigenvalue weighted by Crippen LogP contribution is -2.48. The van der Waals surface area contributed by atoms with Crippen molar-refractivity contribution in [1.29, 1.82) is 0 Å². The molecule has 0 spiro atoms. The molecule has 0 amide bonds. The molecule has 0 aromatic carbocycles. The SMILES string of the molecule is COCC(NC1CCNCC1)C(C)C. The molecule has 1 aliphatic heterocycles. The van der Waals surface area contributed by atoms with E-state index in [0.29, 0.717) is 18.0 Å². The Bertz CT molecular complexity index is 144. The molecule has 0 bridgehead atoms. The Balaban J connectivity index is 2.29. The summed E-state index contributed by atoms with van der Waals surface area (Å²) in [5.41, 5.74) is 0. The maximum absolute atomic E-state index is 5.23. The Kier molecular flexibility index (Phi) is 5.45. The second kappa shape index (κ2) is 6.38. The van der Waals surface area contributed by atoms with E-state index in [-0.39, 0.29) is 0 Å². The molecule has 1 rings (SSSR count). The van der Waals surface area contributed by atoms with Gasteiger partial charge in [-0.1, -0.05) is 13.8 Å². The van der Waals surface area contributed by atoms with Gasteiger partial charge in [-0.25, -0.2) is 0 Å². The summed E-state index contributed by atoms with van der Waals surface area (Å²) in [6, 6.07) is 1.18. The zero-order valence-electron chi connectivity index (χ0n) is 9.68. The van der Waals surface area contributed by atoms with E-state index in [2.05, 4.69) is 24.5 Å². The van der Waals surface area contributed by atoms with E-state index in [9.17, 15) is 0 Å². The van der Waals surface area contributed by atoms with Crippen molar-refractivity contribution in [3.05, 3.63) is 0 Å². The predicted molar refractivity (Wildman–Crippen MR) is 59.5 cm³/mol. The van der Waals surface area contributed by atoms with Crippen molar-refractivity contribution >= 4 is 0 Å². The number of nitrogens with one attached hydrogen (secondary N) is 2. The highest BCUT2D eigenvalue weighted by molar-refractivity contribution is 4.80. The van der Waals surface area contributed by atoms with Crippen molar-refractivity contribution in [2.75, 3.05) is 26.8 Å². The summed E-state index contributed by atoms with van der Waals surface area (Å²) in [7, 11) is 1.78. The smallest absolute Gasteiger partial charge is 0.0618 e. The Morgan fingerprint density at radius 3 is 2.50 bits per heavy atom. The molecule has 3 heteroatoms. The Hall–Kier alpha value is -0.120. The van der Waals surface area contributed by atoms with Gasteiger partial charge in [0.15, 0.2) is 0 Å². The molecule has 1 saturated heterocycles. The predicted octanol–water partition coefficient (Wildman–Crippen LogP) is 0.999. The number of ether oxygens (including phenoxy) is 1. The number of methoxy groups -OCH3 is 1. The van der Waals surface area contributed by atoms with Crippen LogP contribution in [0.3, 0.4) is 0 Å². The second-order valence-electron chi connectivity index (χ2n) is 4.50. The summed E-state index contributed by atoms with van der Waals surface area (Å²) >= 11 is 0. The molecular formula is C11H24N2O. The number of hydrogen-bond acceptors (Lipinski definition) is 3. The molecule has 84 valence electrons. The van der Waals surface area contributed by atoms with Gasteiger partial charge in [0.1, 0.15) is 0 Å². The van der Waals surface area contributed by atoms with Gasteiger partial charge in [0, 0.05) is 19.2 Å². The van der Waals surface area contributed by atoms with Gasteiger partial charge in [-0.3, -0.25) is 0 Å². The van der Waals surface area contributed by atoms with Gasteiger partial charge in [-0.2, -0.15) is 0 Å². The van der Waals surface area contributed by atoms with Crippen LogP contribution in [0, 0.1) is 5.92 Å². The average Bonchev–Trinajstić information content (AvgIpc) is 2.18. The van der Waals surface area contributed by atoms with E-state index in [0.717, 1.165) is 19.7 Å². The summed E-state index contributed by atoms with van der Waals surface area (Å²) < 4.78 is 5.23. The maximum Gasteiger partial charge on any atom is 0.0618 e. The van der Waals surface area contributed by atoms with Crippen molar-refractivity contribution in [3.63, 3.8) is 0 Å². The molecule has 0 radical (unpaired) electrons. The first-order chi connectivity index (χ1) is 6.74. The van der Waals surface area contributed by atoms with Crippen molar-refractivity contribution in [3.8, 4) is 0 Å². The zero-order chi connectivity index (χ0) is 10.4. The van der Waals surface area contributed by atoms with Gasteiger partial charge < -0.3 is 15.4 Å². The summed E-state index contributed by atoms with van der Waals surface area (Å²) in [4.78, 5) is 0. The molecule has 1 fully saturated rings. The fourth-order valence-corrected chi connectivity index (χ4v) is 1.90. The van der Waals surface area contributed by atoms with Gasteiger partial charge in [-0.05, 0) is 31.8 Å². The van der Waals surface area contributed by atoms with Crippen LogP contribution in [-0.2, 0) is 4.74 Å². The highest BCUT2D eigenvalue weighted by Gasteiger charge is 2.19. The van der Waals surface area contributed by atoms with Crippen molar-refractivity contribution < 1.29 is 4.74 Å². The first-order valence-corrected chi connectivity index (χ1v) is 5.69. The third-order valence-corrected chi connectivity index (χ3v) is 2.94. The molecule has 1 heterocycles. The van der Waals surface area contributed by atoms with Crippen molar-refractivity contribution in [2.45, 2.75) is 38.8 Å². The van der Waals surface area contributed by atoms with Crippen LogP contribution < -0.4 is 10.6 Å². The standard InChI is InChI=1S/C11H24N2O/c1-9(2)11(8-14-3)13-10-4-6-12-7-5-10/h9-13H,4-8H2,1-3H3. The number of hydrogen-bond donors (Lipinski definition) is 2. The first kappa shape index (κ1) is 12.0. The molecule has 0 saturated carbocycles. The average molecular weight is 200 g/mol. The van der Waals surface area contributed by atoms with Crippen LogP contribution in [0.15, 0.2) is 0 Å². The fourth-order valence-electron chi connectivity index (χ4n) is 1.90. The lowest BCUT2D eigenvalue weighted by molar-refractivity contribution is 0.136. The van der Waals surface area contributed by atoms with Crippen LogP contribution in [0.2, 0.25) is 0 Å². The molecule has 2 N–H and O–H groups in total. The Labute approximate surface area is 87.6 Å². The third-order valence-electron chi connectivity index (χ3n) is 2.94. The van der Waals surface area contributed by atoms with E-state index in [1.807, 2.05) is 0 Å². The van der Waals surface area contributed by atoms with Crippen molar-refractivity contribution in [2.24, 2.45) is 5.92 Å². The van der Waals surface area contributed by atoms with Crippen LogP contribution in [0.25, 0.3) is 0 Å². The topological polar surface area (TPSA) is 33.3 Å². The Morgan fingerprint density at radius 1 is 1.36 bits per heavy atom. The monoisotopic (exact) mass is 200 g/mol. The van der Waals surface area contributed by atoms with E-state index < -0.39 is 0 Å². The molecular weight excluding hydrogens is 176 g/mol. The molecule has 0 aliphatic carbocycles. The van der Waals surface area contributed by atoms with Crippen LogP contribution >= 0.6 is 0 Å². The maximum atomic E-state index is 5.23. The van der Waals surface area contributed by atoms with Gasteiger partial charge in [0.2, 0.25) is 0 Å². The first-order valence-electron chi connectivity index (χ1n) is 5.69. The van der Waals surface area contributed by atoms with E-state index in [1.165, 1.54) is 12.8 Å². The van der Waals surface area contributed by atoms with Crippen LogP contribution in [0.4, 0.5) is 0 Å². The summed E-state index contributed by atoms with van der Waals surface area (Å²) in [5.74, 6) is 0.643. The molecule has 0 aromatic rings. The number of rotatable bonds is 5. The van der Waals surface area contributed by atoms with E-state index in [1.54, 1.807) is 7.11 Å². The minimum Gasteiger partial charge on any atom is -0.383 e. The minimum absolute atomic E-state index is 0.503. The van der Waals surface area contributed by atoms with Gasteiger partial charge in [-0.15, -0.1) is 0 Å². The van der Waals surface area contributed by atoms with Crippen LogP contribution in [0.1, 0.15) is 26.7 Å². The molecule has 14 heavy (non-hydrogen) atoms. The summed E-state index contributed by atoms with van der Waals surface area (Å²) in [5, 5.41) is 7.07. The molecule has 1 aliphatic rings. The number of piperidine rings is 1. The van der Waals surface area contributed by atoms with Crippen LogP contribution in [-0.4, -0.2) is 38.9 Å². The van der Waals surface area contributed by atoms with E-state index >= 15 is 0 Å². The highest BCUT2D eigenvalue weighted by Crippen LogP contribution is 2.08. The third kappa shape index (κ3) is 3.95. The lowest BCUT2D eigenvalue weighted by atomic mass is 10.0. The second-order valence-corrected chi connectivity index (χ2v) is 4.50. The van der Waals surface area contributed by atoms with Gasteiger partial charge >= 0.3 is 0 Å². The van der Waals surface area contributed by atoms with Gasteiger partial charge in [0.25, 0.3) is 0 Å². The fraction of sp³-hybridized carbons (Fsp3) is 1.00. The lowest BCUT2D eigenvalue weighted by Gasteiger charge is -2.30. The summed E-state index contributed by atoms with van der Waals surface area (Å²) in [6.45, 7) is 7.61. The quantitative estimate of drug-likeness (QED) is 0.694. The van der Waals surface area contributed by atoms with Gasteiger partial charge in [0.05, 0.1) is 6.61 Å². The normalized spacial score (nSPS) is 21.4. The minimum atomic E-state index is 0.503. The highest BCUT2D eigenvalue weighted by atomic mass is 16.5. The molecule has 1 atom stereocenters. The summed E-state index contributed by atoms with van der Waals surface area (Å²) in [6.07, 6.45) is 2.49. The Morgan fingerprint density at radius 2 is 2.00 bits per heavy atom. The largest absolute Gasteiger partial charge is 0.383 e. The molecule has 0 aromatic heterocycles. The van der Waals surface area contributed by atoms with Crippen LogP contribution in [0.5, 0.6) is 0 Å².